The predicted molar refractivity (Wildman–Crippen MR) is 163 cm³/mol. The Morgan fingerprint density at radius 3 is 1.50 bits per heavy atom. The van der Waals surface area contributed by atoms with E-state index in [2.05, 4.69) is 60.3 Å². The highest BCUT2D eigenvalue weighted by atomic mass is 16.4. The molecule has 0 fully saturated rings. The van der Waals surface area contributed by atoms with E-state index in [9.17, 15) is 15.0 Å². The zero-order chi connectivity index (χ0) is 28.6. The zero-order valence-corrected chi connectivity index (χ0v) is 25.8. The normalized spacial score (nSPS) is 12.7. The highest BCUT2D eigenvalue weighted by Gasteiger charge is 2.28. The van der Waals surface area contributed by atoms with Crippen molar-refractivity contribution in [3.63, 3.8) is 0 Å². The third kappa shape index (κ3) is 13.7. The average Bonchev–Trinajstić information content (AvgIpc) is 2.81. The maximum Gasteiger partial charge on any atom is 0.304 e. The van der Waals surface area contributed by atoms with Crippen LogP contribution < -0.4 is 0 Å². The van der Waals surface area contributed by atoms with E-state index in [0.717, 1.165) is 29.5 Å². The first-order chi connectivity index (χ1) is 17.9. The Labute approximate surface area is 235 Å². The number of hydrogen-bond acceptors (Lipinski definition) is 2. The predicted octanol–water partition coefficient (Wildman–Crippen LogP) is 10.4. The zero-order valence-electron chi connectivity index (χ0n) is 25.8. The van der Waals surface area contributed by atoms with Crippen LogP contribution in [0.5, 0.6) is 5.75 Å². The summed E-state index contributed by atoms with van der Waals surface area (Å²) in [7, 11) is 0. The van der Waals surface area contributed by atoms with Gasteiger partial charge < -0.3 is 10.2 Å². The molecule has 0 amide bonds. The van der Waals surface area contributed by atoms with Crippen molar-refractivity contribution in [2.45, 2.75) is 168 Å². The number of carboxylic acids is 1. The summed E-state index contributed by atoms with van der Waals surface area (Å²) in [6.07, 6.45) is 19.5. The number of unbranched alkanes of at least 4 members (excludes halogenated alkanes) is 14. The van der Waals surface area contributed by atoms with Gasteiger partial charge in [0.15, 0.2) is 0 Å². The van der Waals surface area contributed by atoms with Crippen molar-refractivity contribution in [1.29, 1.82) is 0 Å². The molecular weight excluding hydrogens is 468 g/mol. The lowest BCUT2D eigenvalue weighted by Gasteiger charge is -2.29. The van der Waals surface area contributed by atoms with Gasteiger partial charge in [-0.3, -0.25) is 4.79 Å². The standard InChI is InChI=1S/C35H58O3/c1-8-9-10-11-12-13-14-15-16-17-18-19-20-21-22-23-24-28(27-32(36)37)29-25-30(34(2,3)4)33(38)31(26-29)35(5,6)7/h25-26,28,38H,8-22,27H2,1-7H3,(H,36,37). The Morgan fingerprint density at radius 2 is 1.13 bits per heavy atom. The van der Waals surface area contributed by atoms with E-state index in [1.165, 1.54) is 83.5 Å². The molecule has 1 aromatic carbocycles. The number of aliphatic carboxylic acids is 1. The Kier molecular flexibility index (Phi) is 15.8. The number of phenols is 1. The lowest BCUT2D eigenvalue weighted by molar-refractivity contribution is -0.137. The first kappa shape index (κ1) is 34.1. The number of rotatable bonds is 17. The van der Waals surface area contributed by atoms with Crippen LogP contribution in [0.3, 0.4) is 0 Å². The Bertz CT molecular complexity index is 838. The molecule has 0 aromatic heterocycles. The topological polar surface area (TPSA) is 57.5 Å². The fourth-order valence-electron chi connectivity index (χ4n) is 5.03. The first-order valence-corrected chi connectivity index (χ1v) is 15.5. The van der Waals surface area contributed by atoms with Crippen LogP contribution in [0.4, 0.5) is 0 Å². The van der Waals surface area contributed by atoms with Gasteiger partial charge in [0.2, 0.25) is 0 Å². The summed E-state index contributed by atoms with van der Waals surface area (Å²) in [6.45, 7) is 14.7. The molecule has 0 aliphatic heterocycles. The quantitative estimate of drug-likeness (QED) is 0.157. The van der Waals surface area contributed by atoms with Crippen LogP contribution in [-0.4, -0.2) is 16.2 Å². The van der Waals surface area contributed by atoms with Crippen LogP contribution in [0, 0.1) is 11.8 Å². The average molecular weight is 527 g/mol. The molecule has 1 atom stereocenters. The molecule has 0 saturated carbocycles. The van der Waals surface area contributed by atoms with E-state index in [-0.39, 0.29) is 23.2 Å². The molecule has 0 radical (unpaired) electrons. The third-order valence-corrected chi connectivity index (χ3v) is 7.46. The summed E-state index contributed by atoms with van der Waals surface area (Å²) in [4.78, 5) is 11.7. The minimum atomic E-state index is -0.844. The van der Waals surface area contributed by atoms with Crippen LogP contribution in [0.1, 0.15) is 174 Å². The molecule has 0 heterocycles. The van der Waals surface area contributed by atoms with Crippen LogP contribution >= 0.6 is 0 Å². The number of carbonyl (C=O) groups is 1. The molecular formula is C35H58O3. The molecule has 0 aliphatic rings. The summed E-state index contributed by atoms with van der Waals surface area (Å²) in [6, 6.07) is 3.94. The van der Waals surface area contributed by atoms with Crippen molar-refractivity contribution in [2.75, 3.05) is 0 Å². The van der Waals surface area contributed by atoms with Crippen LogP contribution in [0.25, 0.3) is 0 Å². The minimum Gasteiger partial charge on any atom is -0.507 e. The largest absolute Gasteiger partial charge is 0.507 e. The molecule has 3 nitrogen and oxygen atoms in total. The van der Waals surface area contributed by atoms with Crippen LogP contribution in [0.15, 0.2) is 12.1 Å². The highest BCUT2D eigenvalue weighted by molar-refractivity contribution is 5.69. The monoisotopic (exact) mass is 526 g/mol. The van der Waals surface area contributed by atoms with Crippen molar-refractivity contribution in [2.24, 2.45) is 0 Å². The van der Waals surface area contributed by atoms with Gasteiger partial charge in [0.25, 0.3) is 0 Å². The summed E-state index contributed by atoms with van der Waals surface area (Å²) in [5.41, 5.74) is 2.09. The number of benzene rings is 1. The van der Waals surface area contributed by atoms with Gasteiger partial charge in [-0.2, -0.15) is 0 Å². The second-order valence-electron chi connectivity index (χ2n) is 13.3. The Hall–Kier alpha value is -1.95. The highest BCUT2D eigenvalue weighted by Crippen LogP contribution is 2.41. The van der Waals surface area contributed by atoms with Gasteiger partial charge >= 0.3 is 5.97 Å². The van der Waals surface area contributed by atoms with Crippen LogP contribution in [-0.2, 0) is 15.6 Å². The van der Waals surface area contributed by atoms with E-state index < -0.39 is 5.97 Å². The maximum absolute atomic E-state index is 11.7. The molecule has 0 saturated heterocycles. The van der Waals surface area contributed by atoms with Crippen molar-refractivity contribution < 1.29 is 15.0 Å². The Morgan fingerprint density at radius 1 is 0.737 bits per heavy atom. The summed E-state index contributed by atoms with van der Waals surface area (Å²) >= 11 is 0. The SMILES string of the molecule is CCCCCCCCCCCCCCCCC#CC(CC(=O)O)c1cc(C(C)(C)C)c(O)c(C(C)(C)C)c1. The summed E-state index contributed by atoms with van der Waals surface area (Å²) < 4.78 is 0. The lowest BCUT2D eigenvalue weighted by atomic mass is 9.77. The van der Waals surface area contributed by atoms with Crippen LogP contribution in [0.2, 0.25) is 0 Å². The van der Waals surface area contributed by atoms with Crippen molar-refractivity contribution in [3.8, 4) is 17.6 Å². The second kappa shape index (κ2) is 17.6. The molecule has 1 unspecified atom stereocenters. The second-order valence-corrected chi connectivity index (χ2v) is 13.3. The summed E-state index contributed by atoms with van der Waals surface area (Å²) in [5, 5.41) is 20.6. The number of hydrogen-bond donors (Lipinski definition) is 2. The molecule has 3 heteroatoms. The number of carboxylic acid groups (broad SMARTS) is 1. The van der Waals surface area contributed by atoms with Gasteiger partial charge in [0.1, 0.15) is 5.75 Å². The van der Waals surface area contributed by atoms with Crippen molar-refractivity contribution >= 4 is 5.97 Å². The van der Waals surface area contributed by atoms with Crippen molar-refractivity contribution in [3.05, 3.63) is 28.8 Å². The van der Waals surface area contributed by atoms with E-state index in [1.807, 2.05) is 12.1 Å². The number of aromatic hydroxyl groups is 1. The molecule has 2 N–H and O–H groups in total. The lowest BCUT2D eigenvalue weighted by Crippen LogP contribution is -2.19. The van der Waals surface area contributed by atoms with Gasteiger partial charge in [-0.25, -0.2) is 0 Å². The molecule has 0 bridgehead atoms. The van der Waals surface area contributed by atoms with Gasteiger partial charge in [0, 0.05) is 6.42 Å². The van der Waals surface area contributed by atoms with Gasteiger partial charge in [-0.15, -0.1) is 5.92 Å². The Balaban J connectivity index is 2.56. The van der Waals surface area contributed by atoms with Gasteiger partial charge in [-0.05, 0) is 33.9 Å². The fraction of sp³-hybridized carbons (Fsp3) is 0.743. The van der Waals surface area contributed by atoms with E-state index >= 15 is 0 Å². The van der Waals surface area contributed by atoms with E-state index in [0.29, 0.717) is 5.75 Å². The first-order valence-electron chi connectivity index (χ1n) is 15.5. The summed E-state index contributed by atoms with van der Waals surface area (Å²) in [5.74, 6) is 5.67. The molecule has 0 aliphatic carbocycles. The van der Waals surface area contributed by atoms with Gasteiger partial charge in [0.05, 0.1) is 12.3 Å². The molecule has 0 spiro atoms. The molecule has 216 valence electrons. The van der Waals surface area contributed by atoms with E-state index in [4.69, 9.17) is 0 Å². The van der Waals surface area contributed by atoms with Gasteiger partial charge in [-0.1, -0.05) is 150 Å². The molecule has 1 aromatic rings. The molecule has 1 rings (SSSR count). The fourth-order valence-corrected chi connectivity index (χ4v) is 5.03. The molecule has 38 heavy (non-hydrogen) atoms. The maximum atomic E-state index is 11.7. The number of phenolic OH excluding ortho intramolecular Hbond substituents is 1. The van der Waals surface area contributed by atoms with Crippen molar-refractivity contribution in [1.82, 2.24) is 0 Å². The smallest absolute Gasteiger partial charge is 0.304 e. The minimum absolute atomic E-state index is 0.0241. The van der Waals surface area contributed by atoms with E-state index in [1.54, 1.807) is 0 Å². The third-order valence-electron chi connectivity index (χ3n) is 7.46.